The first-order chi connectivity index (χ1) is 18.7. The van der Waals surface area contributed by atoms with Crippen LogP contribution in [0.1, 0.15) is 52.5 Å². The van der Waals surface area contributed by atoms with Gasteiger partial charge in [0.25, 0.3) is 0 Å². The third kappa shape index (κ3) is 8.65. The van der Waals surface area contributed by atoms with E-state index >= 15 is 0 Å². The van der Waals surface area contributed by atoms with Crippen molar-refractivity contribution in [2.24, 2.45) is 0 Å². The molecule has 2 aromatic carbocycles. The van der Waals surface area contributed by atoms with E-state index in [2.05, 4.69) is 5.32 Å². The van der Waals surface area contributed by atoms with Crippen LogP contribution in [0.3, 0.4) is 0 Å². The van der Waals surface area contributed by atoms with Crippen molar-refractivity contribution >= 4 is 50.7 Å². The number of carbonyl (C=O) groups excluding carboxylic acids is 2. The molecule has 0 bridgehead atoms. The molecule has 0 unspecified atom stereocenters. The van der Waals surface area contributed by atoms with E-state index in [-0.39, 0.29) is 37.7 Å². The largest absolute Gasteiger partial charge is 0.486 e. The smallest absolute Gasteiger partial charge is 0.243 e. The zero-order valence-corrected chi connectivity index (χ0v) is 25.8. The van der Waals surface area contributed by atoms with Crippen LogP contribution >= 0.6 is 23.2 Å². The summed E-state index contributed by atoms with van der Waals surface area (Å²) in [5, 5.41) is 3.81. The first-order valence-electron chi connectivity index (χ1n) is 13.1. The summed E-state index contributed by atoms with van der Waals surface area (Å²) in [6, 6.07) is 9.19. The third-order valence-corrected chi connectivity index (χ3v) is 7.99. The summed E-state index contributed by atoms with van der Waals surface area (Å²) in [5.74, 6) is 0.449. The number of amides is 2. The van der Waals surface area contributed by atoms with Crippen molar-refractivity contribution in [1.29, 1.82) is 0 Å². The molecule has 12 heteroatoms. The highest BCUT2D eigenvalue weighted by atomic mass is 35.5. The minimum absolute atomic E-state index is 0.0150. The molecule has 0 aromatic heterocycles. The maximum absolute atomic E-state index is 13.6. The van der Waals surface area contributed by atoms with E-state index in [1.165, 1.54) is 9.21 Å². The van der Waals surface area contributed by atoms with Gasteiger partial charge in [-0.15, -0.1) is 0 Å². The van der Waals surface area contributed by atoms with Crippen LogP contribution in [0.15, 0.2) is 36.4 Å². The molecule has 2 aromatic rings. The zero-order valence-electron chi connectivity index (χ0n) is 23.5. The van der Waals surface area contributed by atoms with Crippen molar-refractivity contribution < 1.29 is 27.5 Å². The number of hydrogen-bond donors (Lipinski definition) is 1. The molecule has 1 heterocycles. The fourth-order valence-electron chi connectivity index (χ4n) is 4.40. The first-order valence-corrected chi connectivity index (χ1v) is 15.7. The van der Waals surface area contributed by atoms with Crippen molar-refractivity contribution in [2.45, 2.75) is 65.1 Å². The predicted molar refractivity (Wildman–Crippen MR) is 158 cm³/mol. The SMILES string of the molecule is CC[C@@H](C(=O)NC(C)(C)C)N(Cc1ccc(Cl)cc1Cl)C(=O)CCCN(c1ccc2c(c1)OCCO2)S(C)(=O)=O. The van der Waals surface area contributed by atoms with Gasteiger partial charge in [0.15, 0.2) is 11.5 Å². The minimum atomic E-state index is -3.66. The minimum Gasteiger partial charge on any atom is -0.486 e. The van der Waals surface area contributed by atoms with Crippen molar-refractivity contribution in [1.82, 2.24) is 10.2 Å². The van der Waals surface area contributed by atoms with E-state index < -0.39 is 21.6 Å². The molecular formula is C28H37Cl2N3O6S. The van der Waals surface area contributed by atoms with E-state index in [1.807, 2.05) is 27.7 Å². The van der Waals surface area contributed by atoms with Crippen molar-refractivity contribution in [2.75, 3.05) is 30.3 Å². The zero-order chi connectivity index (χ0) is 29.7. The van der Waals surface area contributed by atoms with Gasteiger partial charge in [0, 0.05) is 41.2 Å². The standard InChI is InChI=1S/C28H37Cl2N3O6S/c1-6-23(27(35)31-28(2,3)4)32(18-19-9-10-20(29)16-22(19)30)26(34)8-7-13-33(40(5,36)37)21-11-12-24-25(17-21)39-15-14-38-24/h9-12,16-17,23H,6-8,13-15,18H2,1-5H3,(H,31,35)/t23-/m0/s1. The molecule has 1 N–H and O–H groups in total. The highest BCUT2D eigenvalue weighted by Crippen LogP contribution is 2.35. The summed E-state index contributed by atoms with van der Waals surface area (Å²) in [4.78, 5) is 28.3. The second-order valence-corrected chi connectivity index (χ2v) is 13.4. The number of sulfonamides is 1. The van der Waals surface area contributed by atoms with Crippen LogP contribution in [0.4, 0.5) is 5.69 Å². The monoisotopic (exact) mass is 613 g/mol. The van der Waals surface area contributed by atoms with Gasteiger partial charge < -0.3 is 19.7 Å². The van der Waals surface area contributed by atoms with Crippen LogP contribution in [-0.2, 0) is 26.2 Å². The van der Waals surface area contributed by atoms with E-state index in [1.54, 1.807) is 36.4 Å². The molecular weight excluding hydrogens is 577 g/mol. The molecule has 9 nitrogen and oxygen atoms in total. The van der Waals surface area contributed by atoms with Gasteiger partial charge in [-0.2, -0.15) is 0 Å². The molecule has 0 aliphatic carbocycles. The molecule has 0 saturated carbocycles. The van der Waals surface area contributed by atoms with E-state index in [0.717, 1.165) is 6.26 Å². The Morgan fingerprint density at radius 1 is 1.05 bits per heavy atom. The third-order valence-electron chi connectivity index (χ3n) is 6.21. The van der Waals surface area contributed by atoms with Crippen molar-refractivity contribution in [3.05, 3.63) is 52.0 Å². The topological polar surface area (TPSA) is 105 Å². The normalized spacial score (nSPS) is 13.9. The highest BCUT2D eigenvalue weighted by Gasteiger charge is 2.31. The van der Waals surface area contributed by atoms with Gasteiger partial charge in [0.05, 0.1) is 11.9 Å². The van der Waals surface area contributed by atoms with Gasteiger partial charge in [-0.25, -0.2) is 8.42 Å². The molecule has 40 heavy (non-hydrogen) atoms. The molecule has 3 rings (SSSR count). The quantitative estimate of drug-likeness (QED) is 0.381. The van der Waals surface area contributed by atoms with E-state index in [9.17, 15) is 18.0 Å². The number of carbonyl (C=O) groups is 2. The van der Waals surface area contributed by atoms with Gasteiger partial charge in [-0.1, -0.05) is 36.2 Å². The summed E-state index contributed by atoms with van der Waals surface area (Å²) < 4.78 is 37.7. The lowest BCUT2D eigenvalue weighted by Crippen LogP contribution is -2.53. The van der Waals surface area contributed by atoms with Crippen molar-refractivity contribution in [3.8, 4) is 11.5 Å². The van der Waals surface area contributed by atoms with Crippen LogP contribution in [0.25, 0.3) is 0 Å². The maximum Gasteiger partial charge on any atom is 0.243 e. The number of benzene rings is 2. The number of hydrogen-bond acceptors (Lipinski definition) is 6. The molecule has 1 aliphatic heterocycles. The molecule has 0 fully saturated rings. The lowest BCUT2D eigenvalue weighted by atomic mass is 10.0. The average molecular weight is 615 g/mol. The molecule has 2 amide bonds. The molecule has 1 aliphatic rings. The Balaban J connectivity index is 1.81. The Morgan fingerprint density at radius 2 is 1.73 bits per heavy atom. The van der Waals surface area contributed by atoms with Crippen LogP contribution in [0, 0.1) is 0 Å². The van der Waals surface area contributed by atoms with Crippen LogP contribution in [-0.4, -0.2) is 62.7 Å². The highest BCUT2D eigenvalue weighted by molar-refractivity contribution is 7.92. The van der Waals surface area contributed by atoms with Crippen molar-refractivity contribution in [3.63, 3.8) is 0 Å². The fraction of sp³-hybridized carbons (Fsp3) is 0.500. The Kier molecular flexibility index (Phi) is 10.6. The Morgan fingerprint density at radius 3 is 2.33 bits per heavy atom. The Labute approximate surface area is 246 Å². The summed E-state index contributed by atoms with van der Waals surface area (Å²) in [7, 11) is -3.66. The molecule has 0 radical (unpaired) electrons. The number of fused-ring (bicyclic) bond motifs is 1. The number of halogens is 2. The maximum atomic E-state index is 13.6. The van der Waals surface area contributed by atoms with Gasteiger partial charge in [-0.05, 0) is 63.4 Å². The number of nitrogens with one attached hydrogen (secondary N) is 1. The summed E-state index contributed by atoms with van der Waals surface area (Å²) in [5.41, 5.74) is 0.576. The summed E-state index contributed by atoms with van der Waals surface area (Å²) >= 11 is 12.5. The molecule has 220 valence electrons. The molecule has 0 saturated heterocycles. The lowest BCUT2D eigenvalue weighted by molar-refractivity contribution is -0.142. The fourth-order valence-corrected chi connectivity index (χ4v) is 5.82. The van der Waals surface area contributed by atoms with Gasteiger partial charge in [-0.3, -0.25) is 13.9 Å². The summed E-state index contributed by atoms with van der Waals surface area (Å²) in [6.07, 6.45) is 1.74. The van der Waals surface area contributed by atoms with Crippen LogP contribution < -0.4 is 19.1 Å². The predicted octanol–water partition coefficient (Wildman–Crippen LogP) is 5.03. The van der Waals surface area contributed by atoms with E-state index in [4.69, 9.17) is 32.7 Å². The molecule has 0 spiro atoms. The van der Waals surface area contributed by atoms with Gasteiger partial charge in [0.2, 0.25) is 21.8 Å². The lowest BCUT2D eigenvalue weighted by Gasteiger charge is -2.33. The first kappa shape index (κ1) is 31.8. The van der Waals surface area contributed by atoms with Crippen LogP contribution in [0.5, 0.6) is 11.5 Å². The van der Waals surface area contributed by atoms with Crippen LogP contribution in [0.2, 0.25) is 10.0 Å². The molecule has 1 atom stereocenters. The number of rotatable bonds is 11. The van der Waals surface area contributed by atoms with Gasteiger partial charge >= 0.3 is 0 Å². The average Bonchev–Trinajstić information content (AvgIpc) is 2.85. The number of ether oxygens (including phenoxy) is 2. The second kappa shape index (κ2) is 13.3. The van der Waals surface area contributed by atoms with Gasteiger partial charge in [0.1, 0.15) is 19.3 Å². The summed E-state index contributed by atoms with van der Waals surface area (Å²) in [6.45, 7) is 8.41. The Bertz CT molecular complexity index is 1330. The number of nitrogens with zero attached hydrogens (tertiary/aromatic N) is 2. The Hall–Kier alpha value is -2.69. The number of anilines is 1. The second-order valence-electron chi connectivity index (χ2n) is 10.7. The van der Waals surface area contributed by atoms with E-state index in [0.29, 0.717) is 52.4 Å².